The van der Waals surface area contributed by atoms with Crippen molar-refractivity contribution in [3.05, 3.63) is 29.8 Å². The van der Waals surface area contributed by atoms with Crippen LogP contribution in [0, 0.1) is 5.92 Å². The van der Waals surface area contributed by atoms with Gasteiger partial charge in [0.05, 0.1) is 6.61 Å². The van der Waals surface area contributed by atoms with E-state index in [9.17, 15) is 0 Å². The van der Waals surface area contributed by atoms with Crippen molar-refractivity contribution in [2.45, 2.75) is 39.0 Å². The number of ether oxygens (including phenoxy) is 1. The third kappa shape index (κ3) is 4.02. The molecule has 0 radical (unpaired) electrons. The highest BCUT2D eigenvalue weighted by Crippen LogP contribution is 2.21. The molecule has 0 aliphatic carbocycles. The summed E-state index contributed by atoms with van der Waals surface area (Å²) in [5.74, 6) is 2.38. The first-order valence-electron chi connectivity index (χ1n) is 7.19. The van der Waals surface area contributed by atoms with Crippen LogP contribution in [0.25, 0.3) is 0 Å². The largest absolute Gasteiger partial charge is 0.494 e. The van der Waals surface area contributed by atoms with Crippen LogP contribution >= 0.6 is 0 Å². The zero-order chi connectivity index (χ0) is 12.8. The van der Waals surface area contributed by atoms with E-state index >= 15 is 0 Å². The number of hydrogen-bond acceptors (Lipinski definition) is 2. The number of piperidine rings is 1. The quantitative estimate of drug-likeness (QED) is 0.858. The van der Waals surface area contributed by atoms with E-state index in [0.717, 1.165) is 24.8 Å². The van der Waals surface area contributed by atoms with Crippen LogP contribution in [0.1, 0.15) is 44.6 Å². The van der Waals surface area contributed by atoms with Crippen LogP contribution in [-0.4, -0.2) is 19.7 Å². The summed E-state index contributed by atoms with van der Waals surface area (Å²) in [5, 5.41) is 3.45. The third-order valence-corrected chi connectivity index (χ3v) is 3.72. The second-order valence-corrected chi connectivity index (χ2v) is 5.58. The maximum atomic E-state index is 5.87. The molecule has 0 unspecified atom stereocenters. The average molecular weight is 247 g/mol. The number of benzene rings is 1. The molecule has 0 bridgehead atoms. The second-order valence-electron chi connectivity index (χ2n) is 5.58. The predicted octanol–water partition coefficient (Wildman–Crippen LogP) is 3.58. The van der Waals surface area contributed by atoms with Crippen LogP contribution in [0.4, 0.5) is 0 Å². The molecule has 2 rings (SSSR count). The molecule has 2 heteroatoms. The van der Waals surface area contributed by atoms with Gasteiger partial charge < -0.3 is 10.1 Å². The summed E-state index contributed by atoms with van der Waals surface area (Å²) in [5.41, 5.74) is 1.35. The van der Waals surface area contributed by atoms with Crippen LogP contribution in [0.3, 0.4) is 0 Å². The van der Waals surface area contributed by atoms with Gasteiger partial charge in [-0.15, -0.1) is 0 Å². The van der Waals surface area contributed by atoms with Gasteiger partial charge in [0.15, 0.2) is 0 Å². The van der Waals surface area contributed by atoms with Gasteiger partial charge in [0.25, 0.3) is 0 Å². The van der Waals surface area contributed by atoms with Gasteiger partial charge in [0, 0.05) is 0 Å². The lowest BCUT2D eigenvalue weighted by Crippen LogP contribution is -2.30. The molecule has 1 aromatic carbocycles. The topological polar surface area (TPSA) is 21.3 Å². The predicted molar refractivity (Wildman–Crippen MR) is 76.2 cm³/mol. The minimum Gasteiger partial charge on any atom is -0.494 e. The van der Waals surface area contributed by atoms with Crippen LogP contribution in [0.5, 0.6) is 5.75 Å². The van der Waals surface area contributed by atoms with Crippen molar-refractivity contribution in [1.82, 2.24) is 5.32 Å². The first kappa shape index (κ1) is 13.4. The monoisotopic (exact) mass is 247 g/mol. The molecule has 1 aliphatic rings. The Morgan fingerprint density at radius 3 is 3.00 bits per heavy atom. The number of hydrogen-bond donors (Lipinski definition) is 1. The summed E-state index contributed by atoms with van der Waals surface area (Å²) in [6, 6.07) is 8.49. The summed E-state index contributed by atoms with van der Waals surface area (Å²) >= 11 is 0. The smallest absolute Gasteiger partial charge is 0.119 e. The molecule has 1 atom stereocenters. The molecule has 1 fully saturated rings. The maximum absolute atomic E-state index is 5.87. The lowest BCUT2D eigenvalue weighted by atomic mass is 9.97. The summed E-state index contributed by atoms with van der Waals surface area (Å²) in [7, 11) is 0. The van der Waals surface area contributed by atoms with E-state index in [0.29, 0.717) is 5.92 Å². The molecule has 0 amide bonds. The molecule has 1 aromatic rings. The maximum Gasteiger partial charge on any atom is 0.119 e. The first-order chi connectivity index (χ1) is 8.75. The van der Waals surface area contributed by atoms with E-state index in [4.69, 9.17) is 4.74 Å². The van der Waals surface area contributed by atoms with Crippen LogP contribution in [0.15, 0.2) is 24.3 Å². The molecule has 0 aromatic heterocycles. The fraction of sp³-hybridized carbons (Fsp3) is 0.625. The van der Waals surface area contributed by atoms with E-state index in [2.05, 4.69) is 43.4 Å². The highest BCUT2D eigenvalue weighted by Gasteiger charge is 2.12. The van der Waals surface area contributed by atoms with Crippen molar-refractivity contribution in [3.8, 4) is 5.75 Å². The van der Waals surface area contributed by atoms with Crippen molar-refractivity contribution in [3.63, 3.8) is 0 Å². The van der Waals surface area contributed by atoms with Gasteiger partial charge in [0.1, 0.15) is 5.75 Å². The molecule has 1 heterocycles. The highest BCUT2D eigenvalue weighted by atomic mass is 16.5. The summed E-state index contributed by atoms with van der Waals surface area (Å²) < 4.78 is 5.87. The molecule has 0 saturated carbocycles. The number of nitrogens with one attached hydrogen (secondary N) is 1. The van der Waals surface area contributed by atoms with Gasteiger partial charge in [-0.1, -0.05) is 26.0 Å². The van der Waals surface area contributed by atoms with Gasteiger partial charge in [-0.25, -0.2) is 0 Å². The molecule has 100 valence electrons. The SMILES string of the molecule is CC(C)c1cccc(OCC[C@@H]2CCCNC2)c1. The normalized spacial score (nSPS) is 20.1. The van der Waals surface area contributed by atoms with E-state index in [1.807, 2.05) is 0 Å². The first-order valence-corrected chi connectivity index (χ1v) is 7.19. The minimum absolute atomic E-state index is 0.566. The molecular weight excluding hydrogens is 222 g/mol. The van der Waals surface area contributed by atoms with Gasteiger partial charge in [0.2, 0.25) is 0 Å². The van der Waals surface area contributed by atoms with Gasteiger partial charge >= 0.3 is 0 Å². The molecule has 0 spiro atoms. The van der Waals surface area contributed by atoms with E-state index < -0.39 is 0 Å². The fourth-order valence-corrected chi connectivity index (χ4v) is 2.48. The summed E-state index contributed by atoms with van der Waals surface area (Å²) in [4.78, 5) is 0. The van der Waals surface area contributed by atoms with Gasteiger partial charge in [-0.3, -0.25) is 0 Å². The fourth-order valence-electron chi connectivity index (χ4n) is 2.48. The van der Waals surface area contributed by atoms with Crippen molar-refractivity contribution < 1.29 is 4.74 Å². The molecule has 18 heavy (non-hydrogen) atoms. The molecular formula is C16H25NO. The lowest BCUT2D eigenvalue weighted by molar-refractivity contribution is 0.254. The Bertz CT molecular complexity index is 356. The van der Waals surface area contributed by atoms with Crippen LogP contribution in [-0.2, 0) is 0 Å². The van der Waals surface area contributed by atoms with E-state index in [1.165, 1.54) is 31.4 Å². The molecule has 1 saturated heterocycles. The molecule has 2 nitrogen and oxygen atoms in total. The third-order valence-electron chi connectivity index (χ3n) is 3.72. The second kappa shape index (κ2) is 6.79. The Balaban J connectivity index is 1.77. The summed E-state index contributed by atoms with van der Waals surface area (Å²) in [6.45, 7) is 7.62. The van der Waals surface area contributed by atoms with Gasteiger partial charge in [-0.2, -0.15) is 0 Å². The zero-order valence-corrected chi connectivity index (χ0v) is 11.6. The van der Waals surface area contributed by atoms with Crippen LogP contribution < -0.4 is 10.1 Å². The Morgan fingerprint density at radius 1 is 1.39 bits per heavy atom. The Hall–Kier alpha value is -1.02. The van der Waals surface area contributed by atoms with E-state index in [1.54, 1.807) is 0 Å². The lowest BCUT2D eigenvalue weighted by Gasteiger charge is -2.22. The van der Waals surface area contributed by atoms with Crippen LogP contribution in [0.2, 0.25) is 0 Å². The zero-order valence-electron chi connectivity index (χ0n) is 11.6. The molecule has 1 N–H and O–H groups in total. The highest BCUT2D eigenvalue weighted by molar-refractivity contribution is 5.30. The Labute approximate surface area is 111 Å². The minimum atomic E-state index is 0.566. The van der Waals surface area contributed by atoms with E-state index in [-0.39, 0.29) is 0 Å². The van der Waals surface area contributed by atoms with Crippen molar-refractivity contribution in [1.29, 1.82) is 0 Å². The average Bonchev–Trinajstić information content (AvgIpc) is 2.40. The van der Waals surface area contributed by atoms with Crippen molar-refractivity contribution in [2.24, 2.45) is 5.92 Å². The van der Waals surface area contributed by atoms with Crippen molar-refractivity contribution in [2.75, 3.05) is 19.7 Å². The standard InChI is InChI=1S/C16H25NO/c1-13(2)15-6-3-7-16(11-15)18-10-8-14-5-4-9-17-12-14/h3,6-7,11,13-14,17H,4-5,8-10,12H2,1-2H3/t14-/m0/s1. The molecule has 1 aliphatic heterocycles. The summed E-state index contributed by atoms with van der Waals surface area (Å²) in [6.07, 6.45) is 3.83. The van der Waals surface area contributed by atoms with Gasteiger partial charge in [-0.05, 0) is 61.9 Å². The Morgan fingerprint density at radius 2 is 2.28 bits per heavy atom. The van der Waals surface area contributed by atoms with Crippen molar-refractivity contribution >= 4 is 0 Å². The number of rotatable bonds is 5. The Kier molecular flexibility index (Phi) is 5.06.